The number of nitriles is 1. The van der Waals surface area contributed by atoms with Crippen molar-refractivity contribution in [2.45, 2.75) is 25.3 Å². The first-order valence-electron chi connectivity index (χ1n) is 7.07. The van der Waals surface area contributed by atoms with Crippen LogP contribution in [0.2, 0.25) is 5.02 Å². The van der Waals surface area contributed by atoms with Gasteiger partial charge >= 0.3 is 0 Å². The molecule has 1 saturated heterocycles. The van der Waals surface area contributed by atoms with Crippen LogP contribution in [0.3, 0.4) is 0 Å². The number of nitrogens with zero attached hydrogens (tertiary/aromatic N) is 2. The van der Waals surface area contributed by atoms with Gasteiger partial charge in [0.1, 0.15) is 6.07 Å². The summed E-state index contributed by atoms with van der Waals surface area (Å²) in [6, 6.07) is 7.14. The zero-order valence-corrected chi connectivity index (χ0v) is 12.6. The highest BCUT2D eigenvalue weighted by Crippen LogP contribution is 2.20. The number of anilines is 1. The van der Waals surface area contributed by atoms with Gasteiger partial charge in [-0.1, -0.05) is 18.0 Å². The van der Waals surface area contributed by atoms with Crippen molar-refractivity contribution in [3.63, 3.8) is 0 Å². The summed E-state index contributed by atoms with van der Waals surface area (Å²) in [5, 5.41) is 12.0. The highest BCUT2D eigenvalue weighted by atomic mass is 35.5. The largest absolute Gasteiger partial charge is 0.329 e. The number of carbonyl (C=O) groups excluding carboxylic acids is 1. The van der Waals surface area contributed by atoms with Crippen molar-refractivity contribution in [3.05, 3.63) is 28.8 Å². The number of nitrogens with two attached hydrogens (primary N) is 1. The van der Waals surface area contributed by atoms with E-state index in [1.165, 1.54) is 6.42 Å². The molecule has 5 nitrogen and oxygen atoms in total. The molecule has 1 aliphatic heterocycles. The molecule has 6 heteroatoms. The molecule has 1 atom stereocenters. The van der Waals surface area contributed by atoms with E-state index < -0.39 is 0 Å². The zero-order chi connectivity index (χ0) is 15.2. The van der Waals surface area contributed by atoms with E-state index in [1.54, 1.807) is 18.2 Å². The Morgan fingerprint density at radius 2 is 2.33 bits per heavy atom. The number of amides is 1. The average molecular weight is 307 g/mol. The van der Waals surface area contributed by atoms with Crippen LogP contribution in [0.15, 0.2) is 18.2 Å². The molecule has 1 aliphatic rings. The van der Waals surface area contributed by atoms with Gasteiger partial charge in [-0.3, -0.25) is 9.69 Å². The Kier molecular flexibility index (Phi) is 5.57. The average Bonchev–Trinajstić information content (AvgIpc) is 2.48. The van der Waals surface area contributed by atoms with Crippen LogP contribution in [0.4, 0.5) is 5.69 Å². The molecule has 0 aromatic heterocycles. The van der Waals surface area contributed by atoms with Gasteiger partial charge in [0.15, 0.2) is 0 Å². The van der Waals surface area contributed by atoms with Gasteiger partial charge in [0.05, 0.1) is 17.1 Å². The van der Waals surface area contributed by atoms with Gasteiger partial charge in [0, 0.05) is 18.3 Å². The number of piperidine rings is 1. The Morgan fingerprint density at radius 1 is 1.52 bits per heavy atom. The minimum Gasteiger partial charge on any atom is -0.329 e. The summed E-state index contributed by atoms with van der Waals surface area (Å²) in [7, 11) is 0. The van der Waals surface area contributed by atoms with Crippen molar-refractivity contribution in [2.75, 3.05) is 25.0 Å². The molecule has 2 rings (SSSR count). The summed E-state index contributed by atoms with van der Waals surface area (Å²) in [6.07, 6.45) is 3.32. The van der Waals surface area contributed by atoms with Crippen molar-refractivity contribution in [2.24, 2.45) is 5.73 Å². The second-order valence-corrected chi connectivity index (χ2v) is 5.62. The Morgan fingerprint density at radius 3 is 3.00 bits per heavy atom. The standard InChI is InChI=1S/C15H19ClN4O/c16-14-7-12(5-4-11(14)8-17)19-15(21)10-20-6-2-1-3-13(20)9-18/h4-5,7,13H,1-3,6,9-10,18H2,(H,19,21). The summed E-state index contributed by atoms with van der Waals surface area (Å²) in [5.41, 5.74) is 6.75. The monoisotopic (exact) mass is 306 g/mol. The minimum absolute atomic E-state index is 0.0869. The molecule has 1 aromatic rings. The molecule has 0 saturated carbocycles. The van der Waals surface area contributed by atoms with Crippen molar-refractivity contribution < 1.29 is 4.79 Å². The van der Waals surface area contributed by atoms with E-state index >= 15 is 0 Å². The molecule has 1 unspecified atom stereocenters. The summed E-state index contributed by atoms with van der Waals surface area (Å²) < 4.78 is 0. The molecule has 112 valence electrons. The topological polar surface area (TPSA) is 82.2 Å². The van der Waals surface area contributed by atoms with Crippen LogP contribution in [-0.4, -0.2) is 36.5 Å². The van der Waals surface area contributed by atoms with Crippen molar-refractivity contribution in [1.82, 2.24) is 4.90 Å². The van der Waals surface area contributed by atoms with Gasteiger partial charge in [-0.25, -0.2) is 0 Å². The van der Waals surface area contributed by atoms with Crippen LogP contribution in [0.25, 0.3) is 0 Å². The fraction of sp³-hybridized carbons (Fsp3) is 0.467. The second kappa shape index (κ2) is 7.41. The van der Waals surface area contributed by atoms with E-state index in [1.807, 2.05) is 6.07 Å². The first-order valence-corrected chi connectivity index (χ1v) is 7.45. The van der Waals surface area contributed by atoms with E-state index in [-0.39, 0.29) is 11.9 Å². The maximum Gasteiger partial charge on any atom is 0.238 e. The molecule has 0 aliphatic carbocycles. The smallest absolute Gasteiger partial charge is 0.238 e. The van der Waals surface area contributed by atoms with Gasteiger partial charge in [0.25, 0.3) is 0 Å². The second-order valence-electron chi connectivity index (χ2n) is 5.21. The van der Waals surface area contributed by atoms with Crippen LogP contribution in [0.1, 0.15) is 24.8 Å². The number of likely N-dealkylation sites (tertiary alicyclic amines) is 1. The van der Waals surface area contributed by atoms with Crippen LogP contribution in [0, 0.1) is 11.3 Å². The molecular formula is C15H19ClN4O. The minimum atomic E-state index is -0.0869. The maximum absolute atomic E-state index is 12.1. The van der Waals surface area contributed by atoms with Crippen molar-refractivity contribution >= 4 is 23.2 Å². The number of rotatable bonds is 4. The third-order valence-corrected chi connectivity index (χ3v) is 4.05. The predicted octanol–water partition coefficient (Wildman–Crippen LogP) is 1.96. The van der Waals surface area contributed by atoms with Crippen LogP contribution >= 0.6 is 11.6 Å². The van der Waals surface area contributed by atoms with Gasteiger partial charge in [0.2, 0.25) is 5.91 Å². The maximum atomic E-state index is 12.1. The number of carbonyl (C=O) groups is 1. The molecule has 1 aromatic carbocycles. The van der Waals surface area contributed by atoms with E-state index in [0.29, 0.717) is 29.4 Å². The van der Waals surface area contributed by atoms with E-state index in [2.05, 4.69) is 10.2 Å². The Hall–Kier alpha value is -1.61. The van der Waals surface area contributed by atoms with E-state index in [9.17, 15) is 4.79 Å². The van der Waals surface area contributed by atoms with E-state index in [4.69, 9.17) is 22.6 Å². The molecule has 1 amide bonds. The fourth-order valence-electron chi connectivity index (χ4n) is 2.60. The lowest BCUT2D eigenvalue weighted by molar-refractivity contribution is -0.118. The molecule has 1 fully saturated rings. The molecule has 0 bridgehead atoms. The highest BCUT2D eigenvalue weighted by Gasteiger charge is 2.22. The third-order valence-electron chi connectivity index (χ3n) is 3.74. The number of hydrogen-bond acceptors (Lipinski definition) is 4. The predicted molar refractivity (Wildman–Crippen MR) is 83.1 cm³/mol. The lowest BCUT2D eigenvalue weighted by Gasteiger charge is -2.34. The Bertz CT molecular complexity index is 555. The molecule has 0 spiro atoms. The third kappa shape index (κ3) is 4.18. The zero-order valence-electron chi connectivity index (χ0n) is 11.8. The summed E-state index contributed by atoms with van der Waals surface area (Å²) in [6.45, 7) is 1.82. The first kappa shape index (κ1) is 15.8. The van der Waals surface area contributed by atoms with Gasteiger partial charge in [-0.05, 0) is 37.6 Å². The Labute approximate surface area is 129 Å². The van der Waals surface area contributed by atoms with Gasteiger partial charge in [-0.2, -0.15) is 5.26 Å². The highest BCUT2D eigenvalue weighted by molar-refractivity contribution is 6.32. The summed E-state index contributed by atoms with van der Waals surface area (Å²) in [4.78, 5) is 14.2. The van der Waals surface area contributed by atoms with E-state index in [0.717, 1.165) is 19.4 Å². The van der Waals surface area contributed by atoms with Crippen LogP contribution < -0.4 is 11.1 Å². The van der Waals surface area contributed by atoms with Crippen molar-refractivity contribution in [3.8, 4) is 6.07 Å². The fourth-order valence-corrected chi connectivity index (χ4v) is 2.83. The molecule has 21 heavy (non-hydrogen) atoms. The molecule has 1 heterocycles. The lowest BCUT2D eigenvalue weighted by atomic mass is 10.0. The molecular weight excluding hydrogens is 288 g/mol. The molecule has 3 N–H and O–H groups in total. The van der Waals surface area contributed by atoms with Gasteiger partial charge in [-0.15, -0.1) is 0 Å². The normalized spacial score (nSPS) is 19.0. The summed E-state index contributed by atoms with van der Waals surface area (Å²) >= 11 is 5.95. The van der Waals surface area contributed by atoms with Crippen molar-refractivity contribution in [1.29, 1.82) is 5.26 Å². The lowest BCUT2D eigenvalue weighted by Crippen LogP contribution is -2.47. The van der Waals surface area contributed by atoms with Crippen LogP contribution in [-0.2, 0) is 4.79 Å². The molecule has 0 radical (unpaired) electrons. The first-order chi connectivity index (χ1) is 10.1. The number of nitrogens with one attached hydrogen (secondary N) is 1. The van der Waals surface area contributed by atoms with Gasteiger partial charge < -0.3 is 11.1 Å². The number of hydrogen-bond donors (Lipinski definition) is 2. The number of benzene rings is 1. The quantitative estimate of drug-likeness (QED) is 0.891. The van der Waals surface area contributed by atoms with Crippen LogP contribution in [0.5, 0.6) is 0 Å². The SMILES string of the molecule is N#Cc1ccc(NC(=O)CN2CCCCC2CN)cc1Cl. The summed E-state index contributed by atoms with van der Waals surface area (Å²) in [5.74, 6) is -0.0869. The number of halogens is 1. The Balaban J connectivity index is 1.95.